The van der Waals surface area contributed by atoms with Crippen molar-refractivity contribution < 1.29 is 4.39 Å². The zero-order valence-electron chi connectivity index (χ0n) is 10.3. The quantitative estimate of drug-likeness (QED) is 0.780. The fourth-order valence-electron chi connectivity index (χ4n) is 2.07. The monoisotopic (exact) mass is 256 g/mol. The Balaban J connectivity index is 2.01. The van der Waals surface area contributed by atoms with Gasteiger partial charge in [0.1, 0.15) is 11.3 Å². The van der Waals surface area contributed by atoms with Gasteiger partial charge in [-0.05, 0) is 29.8 Å². The van der Waals surface area contributed by atoms with Gasteiger partial charge in [-0.1, -0.05) is 23.4 Å². The topological polar surface area (TPSA) is 56.7 Å². The summed E-state index contributed by atoms with van der Waals surface area (Å²) in [6.45, 7) is 0.742. The van der Waals surface area contributed by atoms with E-state index in [2.05, 4.69) is 10.3 Å². The van der Waals surface area contributed by atoms with Gasteiger partial charge in [0.2, 0.25) is 0 Å². The third-order valence-electron chi connectivity index (χ3n) is 3.09. The number of benzene rings is 2. The number of halogens is 1. The van der Waals surface area contributed by atoms with Gasteiger partial charge in [-0.25, -0.2) is 9.07 Å². The lowest BCUT2D eigenvalue weighted by Gasteiger charge is -2.06. The summed E-state index contributed by atoms with van der Waals surface area (Å²) in [6, 6.07) is 12.5. The van der Waals surface area contributed by atoms with Crippen LogP contribution in [0.3, 0.4) is 0 Å². The van der Waals surface area contributed by atoms with Crippen LogP contribution >= 0.6 is 0 Å². The zero-order valence-corrected chi connectivity index (χ0v) is 10.3. The van der Waals surface area contributed by atoms with Gasteiger partial charge in [-0.2, -0.15) is 0 Å². The summed E-state index contributed by atoms with van der Waals surface area (Å²) < 4.78 is 15.5. The lowest BCUT2D eigenvalue weighted by molar-refractivity contribution is 0.582. The Morgan fingerprint density at radius 3 is 2.84 bits per heavy atom. The van der Waals surface area contributed by atoms with E-state index in [9.17, 15) is 4.39 Å². The van der Waals surface area contributed by atoms with Gasteiger partial charge in [0.15, 0.2) is 0 Å². The van der Waals surface area contributed by atoms with Gasteiger partial charge in [0, 0.05) is 12.1 Å². The Labute approximate surface area is 109 Å². The first kappa shape index (κ1) is 11.8. The van der Waals surface area contributed by atoms with Crippen LogP contribution in [0.2, 0.25) is 0 Å². The summed E-state index contributed by atoms with van der Waals surface area (Å²) >= 11 is 0. The molecule has 3 aromatic rings. The second-order valence-electron chi connectivity index (χ2n) is 4.37. The van der Waals surface area contributed by atoms with E-state index < -0.39 is 0 Å². The molecule has 0 aliphatic carbocycles. The number of aromatic nitrogens is 3. The Morgan fingerprint density at radius 1 is 1.16 bits per heavy atom. The molecule has 3 rings (SSSR count). The maximum Gasteiger partial charge on any atom is 0.128 e. The van der Waals surface area contributed by atoms with Crippen molar-refractivity contribution in [1.82, 2.24) is 15.0 Å². The van der Waals surface area contributed by atoms with Crippen molar-refractivity contribution in [2.24, 2.45) is 5.73 Å². The highest BCUT2D eigenvalue weighted by atomic mass is 19.1. The maximum atomic E-state index is 13.8. The molecule has 0 spiro atoms. The molecule has 0 saturated heterocycles. The maximum absolute atomic E-state index is 13.8. The molecule has 5 heteroatoms. The fraction of sp³-hybridized carbons (Fsp3) is 0.143. The standard InChI is InChI=1S/C14H13FN4/c15-12-6-5-10(8-16)7-11(12)9-19-14-4-2-1-3-13(14)17-18-19/h1-7H,8-9,16H2. The number of para-hydroxylation sites is 1. The molecule has 0 bridgehead atoms. The SMILES string of the molecule is NCc1ccc(F)c(Cn2nnc3ccccc32)c1. The van der Waals surface area contributed by atoms with Crippen LogP contribution in [0.15, 0.2) is 42.5 Å². The van der Waals surface area contributed by atoms with E-state index >= 15 is 0 Å². The van der Waals surface area contributed by atoms with Gasteiger partial charge in [-0.3, -0.25) is 0 Å². The Hall–Kier alpha value is -2.27. The van der Waals surface area contributed by atoms with E-state index in [1.54, 1.807) is 16.8 Å². The normalized spacial score (nSPS) is 11.1. The van der Waals surface area contributed by atoms with Crippen molar-refractivity contribution in [3.05, 3.63) is 59.4 Å². The summed E-state index contributed by atoms with van der Waals surface area (Å²) in [6.07, 6.45) is 0. The molecule has 0 saturated carbocycles. The molecule has 1 heterocycles. The molecular weight excluding hydrogens is 243 g/mol. The summed E-state index contributed by atoms with van der Waals surface area (Å²) in [5.74, 6) is -0.253. The van der Waals surface area contributed by atoms with Crippen LogP contribution in [0.5, 0.6) is 0 Å². The van der Waals surface area contributed by atoms with Crippen molar-refractivity contribution >= 4 is 11.0 Å². The minimum absolute atomic E-state index is 0.253. The van der Waals surface area contributed by atoms with Crippen molar-refractivity contribution in [2.45, 2.75) is 13.1 Å². The van der Waals surface area contributed by atoms with Crippen LogP contribution in [0.4, 0.5) is 4.39 Å². The van der Waals surface area contributed by atoms with Crippen LogP contribution in [-0.2, 0) is 13.1 Å². The van der Waals surface area contributed by atoms with Crippen LogP contribution in [0.25, 0.3) is 11.0 Å². The molecule has 0 atom stereocenters. The molecule has 0 unspecified atom stereocenters. The third kappa shape index (κ3) is 2.20. The van der Waals surface area contributed by atoms with Gasteiger partial charge < -0.3 is 5.73 Å². The Bertz CT molecular complexity index is 720. The van der Waals surface area contributed by atoms with E-state index in [1.165, 1.54) is 6.07 Å². The highest BCUT2D eigenvalue weighted by Crippen LogP contribution is 2.15. The molecule has 0 aliphatic heterocycles. The smallest absolute Gasteiger partial charge is 0.128 e. The third-order valence-corrected chi connectivity index (χ3v) is 3.09. The minimum atomic E-state index is -0.253. The van der Waals surface area contributed by atoms with Crippen LogP contribution < -0.4 is 5.73 Å². The van der Waals surface area contributed by atoms with E-state index in [1.807, 2.05) is 24.3 Å². The van der Waals surface area contributed by atoms with Gasteiger partial charge >= 0.3 is 0 Å². The number of hydrogen-bond acceptors (Lipinski definition) is 3. The second-order valence-corrected chi connectivity index (χ2v) is 4.37. The van der Waals surface area contributed by atoms with Gasteiger partial charge in [0.25, 0.3) is 0 Å². The molecule has 19 heavy (non-hydrogen) atoms. The molecule has 4 nitrogen and oxygen atoms in total. The van der Waals surface area contributed by atoms with Gasteiger partial charge in [0.05, 0.1) is 12.1 Å². The summed E-state index contributed by atoms with van der Waals surface area (Å²) in [5, 5.41) is 8.11. The molecule has 2 N–H and O–H groups in total. The van der Waals surface area contributed by atoms with E-state index in [4.69, 9.17) is 5.73 Å². The Kier molecular flexibility index (Phi) is 2.97. The molecular formula is C14H13FN4. The predicted octanol–water partition coefficient (Wildman–Crippen LogP) is 2.08. The molecule has 1 aromatic heterocycles. The average Bonchev–Trinajstić information content (AvgIpc) is 2.85. The van der Waals surface area contributed by atoms with Crippen molar-refractivity contribution in [3.63, 3.8) is 0 Å². The van der Waals surface area contributed by atoms with Crippen LogP contribution in [-0.4, -0.2) is 15.0 Å². The second kappa shape index (κ2) is 4.78. The molecule has 0 radical (unpaired) electrons. The number of nitrogens with two attached hydrogens (primary N) is 1. The van der Waals surface area contributed by atoms with E-state index in [0.29, 0.717) is 18.7 Å². The van der Waals surface area contributed by atoms with E-state index in [0.717, 1.165) is 16.6 Å². The van der Waals surface area contributed by atoms with Crippen LogP contribution in [0.1, 0.15) is 11.1 Å². The molecule has 96 valence electrons. The Morgan fingerprint density at radius 2 is 2.00 bits per heavy atom. The molecule has 0 amide bonds. The average molecular weight is 256 g/mol. The van der Waals surface area contributed by atoms with Gasteiger partial charge in [-0.15, -0.1) is 5.10 Å². The lowest BCUT2D eigenvalue weighted by atomic mass is 10.1. The summed E-state index contributed by atoms with van der Waals surface area (Å²) in [4.78, 5) is 0. The minimum Gasteiger partial charge on any atom is -0.326 e. The first-order chi connectivity index (χ1) is 9.28. The first-order valence-electron chi connectivity index (χ1n) is 6.03. The summed E-state index contributed by atoms with van der Waals surface area (Å²) in [7, 11) is 0. The highest BCUT2D eigenvalue weighted by Gasteiger charge is 2.08. The highest BCUT2D eigenvalue weighted by molar-refractivity contribution is 5.73. The number of nitrogens with zero attached hydrogens (tertiary/aromatic N) is 3. The number of hydrogen-bond donors (Lipinski definition) is 1. The van der Waals surface area contributed by atoms with E-state index in [-0.39, 0.29) is 5.82 Å². The number of fused-ring (bicyclic) bond motifs is 1. The molecule has 0 fully saturated rings. The molecule has 2 aromatic carbocycles. The summed E-state index contributed by atoms with van der Waals surface area (Å²) in [5.41, 5.74) is 8.74. The fourth-order valence-corrected chi connectivity index (χ4v) is 2.07. The molecule has 0 aliphatic rings. The lowest BCUT2D eigenvalue weighted by Crippen LogP contribution is -2.06. The van der Waals surface area contributed by atoms with Crippen molar-refractivity contribution in [2.75, 3.05) is 0 Å². The number of rotatable bonds is 3. The van der Waals surface area contributed by atoms with Crippen LogP contribution in [0, 0.1) is 5.82 Å². The zero-order chi connectivity index (χ0) is 13.2. The predicted molar refractivity (Wildman–Crippen MR) is 70.9 cm³/mol. The van der Waals surface area contributed by atoms with Crippen molar-refractivity contribution in [1.29, 1.82) is 0 Å². The first-order valence-corrected chi connectivity index (χ1v) is 6.03. The largest absolute Gasteiger partial charge is 0.326 e. The van der Waals surface area contributed by atoms with Crippen molar-refractivity contribution in [3.8, 4) is 0 Å².